The van der Waals surface area contributed by atoms with Gasteiger partial charge in [0, 0.05) is 17.8 Å². The van der Waals surface area contributed by atoms with Gasteiger partial charge >= 0.3 is 5.97 Å². The van der Waals surface area contributed by atoms with E-state index in [2.05, 4.69) is 4.90 Å². The summed E-state index contributed by atoms with van der Waals surface area (Å²) in [5.74, 6) is 0.248. The first kappa shape index (κ1) is 19.1. The lowest BCUT2D eigenvalue weighted by Crippen LogP contribution is -2.42. The molecular formula is C21H27NO3S. The molecule has 0 radical (unpaired) electrons. The number of esters is 1. The Labute approximate surface area is 159 Å². The Morgan fingerprint density at radius 2 is 1.88 bits per heavy atom. The smallest absolute Gasteiger partial charge is 0.344 e. The highest BCUT2D eigenvalue weighted by atomic mass is 32.1. The summed E-state index contributed by atoms with van der Waals surface area (Å²) in [4.78, 5) is 14.2. The lowest BCUT2D eigenvalue weighted by atomic mass is 9.72. The zero-order valence-corrected chi connectivity index (χ0v) is 16.3. The van der Waals surface area contributed by atoms with Crippen molar-refractivity contribution in [3.05, 3.63) is 52.2 Å². The predicted octanol–water partition coefficient (Wildman–Crippen LogP) is 4.31. The molecule has 1 heterocycles. The van der Waals surface area contributed by atoms with Crippen LogP contribution in [-0.4, -0.2) is 42.2 Å². The van der Waals surface area contributed by atoms with Crippen molar-refractivity contribution in [1.82, 2.24) is 4.90 Å². The van der Waals surface area contributed by atoms with E-state index in [9.17, 15) is 9.90 Å². The fraction of sp³-hybridized carbons (Fsp3) is 0.476. The Hall–Kier alpha value is -1.69. The molecule has 1 atom stereocenters. The van der Waals surface area contributed by atoms with Crippen molar-refractivity contribution in [3.63, 3.8) is 0 Å². The van der Waals surface area contributed by atoms with Crippen LogP contribution >= 0.6 is 11.3 Å². The SMILES string of the molecule is CN(C)CC(c1ccc(OC(=O)c2ccsc2)cc1)C1(O)CCCCC1. The number of rotatable bonds is 6. The zero-order valence-electron chi connectivity index (χ0n) is 15.5. The molecule has 0 bridgehead atoms. The third-order valence-electron chi connectivity index (χ3n) is 5.17. The van der Waals surface area contributed by atoms with Crippen molar-refractivity contribution in [2.45, 2.75) is 43.6 Å². The van der Waals surface area contributed by atoms with Gasteiger partial charge in [-0.2, -0.15) is 11.3 Å². The van der Waals surface area contributed by atoms with Crippen LogP contribution in [-0.2, 0) is 0 Å². The Kier molecular flexibility index (Phi) is 6.12. The quantitative estimate of drug-likeness (QED) is 0.606. The van der Waals surface area contributed by atoms with Gasteiger partial charge in [0.25, 0.3) is 0 Å². The lowest BCUT2D eigenvalue weighted by molar-refractivity contribution is -0.0277. The highest BCUT2D eigenvalue weighted by Gasteiger charge is 2.38. The van der Waals surface area contributed by atoms with Gasteiger partial charge in [0.15, 0.2) is 0 Å². The summed E-state index contributed by atoms with van der Waals surface area (Å²) in [5.41, 5.74) is 1.01. The molecule has 3 rings (SSSR count). The van der Waals surface area contributed by atoms with Crippen LogP contribution < -0.4 is 4.74 Å². The zero-order chi connectivity index (χ0) is 18.6. The fourth-order valence-corrected chi connectivity index (χ4v) is 4.40. The van der Waals surface area contributed by atoms with Gasteiger partial charge in [0.1, 0.15) is 5.75 Å². The number of benzene rings is 1. The number of hydrogen-bond donors (Lipinski definition) is 1. The monoisotopic (exact) mass is 373 g/mol. The molecule has 5 heteroatoms. The van der Waals surface area contributed by atoms with E-state index in [4.69, 9.17) is 4.74 Å². The number of nitrogens with zero attached hydrogens (tertiary/aromatic N) is 1. The number of thiophene rings is 1. The van der Waals surface area contributed by atoms with Crippen molar-refractivity contribution in [3.8, 4) is 5.75 Å². The van der Waals surface area contributed by atoms with Crippen LogP contribution in [0, 0.1) is 0 Å². The summed E-state index contributed by atoms with van der Waals surface area (Å²) in [6.45, 7) is 0.796. The molecule has 26 heavy (non-hydrogen) atoms. The molecule has 0 spiro atoms. The van der Waals surface area contributed by atoms with Gasteiger partial charge in [0.05, 0.1) is 11.2 Å². The first-order chi connectivity index (χ1) is 12.5. The maximum Gasteiger partial charge on any atom is 0.344 e. The minimum atomic E-state index is -0.655. The normalized spacial score (nSPS) is 17.8. The number of likely N-dealkylation sites (N-methyl/N-ethyl adjacent to an activating group) is 1. The largest absolute Gasteiger partial charge is 0.423 e. The predicted molar refractivity (Wildman–Crippen MR) is 105 cm³/mol. The van der Waals surface area contributed by atoms with Crippen LogP contribution in [0.2, 0.25) is 0 Å². The van der Waals surface area contributed by atoms with Crippen LogP contribution in [0.3, 0.4) is 0 Å². The molecule has 1 saturated carbocycles. The molecule has 1 aromatic carbocycles. The summed E-state index contributed by atoms with van der Waals surface area (Å²) >= 11 is 1.47. The van der Waals surface area contributed by atoms with Gasteiger partial charge in [-0.3, -0.25) is 0 Å². The first-order valence-electron chi connectivity index (χ1n) is 9.19. The van der Waals surface area contributed by atoms with E-state index < -0.39 is 5.60 Å². The van der Waals surface area contributed by atoms with Crippen LogP contribution in [0.4, 0.5) is 0 Å². The van der Waals surface area contributed by atoms with Gasteiger partial charge in [0.2, 0.25) is 0 Å². The highest BCUT2D eigenvalue weighted by molar-refractivity contribution is 7.08. The molecule has 2 aromatic rings. The first-order valence-corrected chi connectivity index (χ1v) is 10.1. The molecule has 4 nitrogen and oxygen atoms in total. The Bertz CT molecular complexity index is 703. The molecule has 1 unspecified atom stereocenters. The molecule has 1 fully saturated rings. The molecule has 140 valence electrons. The number of carbonyl (C=O) groups excluding carboxylic acids is 1. The minimum absolute atomic E-state index is 0.0550. The maximum atomic E-state index is 12.1. The average Bonchev–Trinajstić information content (AvgIpc) is 3.16. The lowest BCUT2D eigenvalue weighted by Gasteiger charge is -2.40. The molecule has 1 N–H and O–H groups in total. The van der Waals surface area contributed by atoms with Gasteiger partial charge in [-0.25, -0.2) is 4.79 Å². The van der Waals surface area contributed by atoms with Crippen molar-refractivity contribution >= 4 is 17.3 Å². The molecule has 0 aliphatic heterocycles. The van der Waals surface area contributed by atoms with E-state index in [1.807, 2.05) is 43.7 Å². The summed E-state index contributed by atoms with van der Waals surface area (Å²) in [7, 11) is 4.08. The van der Waals surface area contributed by atoms with E-state index in [0.717, 1.165) is 37.8 Å². The van der Waals surface area contributed by atoms with Gasteiger partial charge < -0.3 is 14.7 Å². The van der Waals surface area contributed by atoms with E-state index in [1.54, 1.807) is 11.4 Å². The number of ether oxygens (including phenoxy) is 1. The van der Waals surface area contributed by atoms with E-state index in [-0.39, 0.29) is 11.9 Å². The second-order valence-corrected chi connectivity index (χ2v) is 8.23. The second kappa shape index (κ2) is 8.33. The third-order valence-corrected chi connectivity index (χ3v) is 5.85. The number of carbonyl (C=O) groups is 1. The number of aliphatic hydroxyl groups is 1. The van der Waals surface area contributed by atoms with Crippen LogP contribution in [0.5, 0.6) is 5.75 Å². The minimum Gasteiger partial charge on any atom is -0.423 e. The summed E-state index contributed by atoms with van der Waals surface area (Å²) in [6, 6.07) is 9.38. The third kappa shape index (κ3) is 4.53. The van der Waals surface area contributed by atoms with Crippen LogP contribution in [0.25, 0.3) is 0 Å². The molecule has 1 aliphatic rings. The van der Waals surface area contributed by atoms with Gasteiger partial charge in [-0.1, -0.05) is 31.4 Å². The molecule has 1 aromatic heterocycles. The Balaban J connectivity index is 1.76. The Morgan fingerprint density at radius 3 is 2.46 bits per heavy atom. The topological polar surface area (TPSA) is 49.8 Å². The fourth-order valence-electron chi connectivity index (χ4n) is 3.78. The highest BCUT2D eigenvalue weighted by Crippen LogP contribution is 2.40. The number of hydrogen-bond acceptors (Lipinski definition) is 5. The average molecular weight is 374 g/mol. The van der Waals surface area contributed by atoms with Crippen molar-refractivity contribution in [2.24, 2.45) is 0 Å². The maximum absolute atomic E-state index is 12.1. The van der Waals surface area contributed by atoms with E-state index >= 15 is 0 Å². The Morgan fingerprint density at radius 1 is 1.19 bits per heavy atom. The summed E-state index contributed by atoms with van der Waals surface area (Å²) in [6.07, 6.45) is 5.06. The van der Waals surface area contributed by atoms with Crippen molar-refractivity contribution < 1.29 is 14.6 Å². The molecule has 0 amide bonds. The van der Waals surface area contributed by atoms with Crippen LogP contribution in [0.15, 0.2) is 41.1 Å². The summed E-state index contributed by atoms with van der Waals surface area (Å²) in [5, 5.41) is 14.9. The van der Waals surface area contributed by atoms with E-state index in [0.29, 0.717) is 11.3 Å². The summed E-state index contributed by atoms with van der Waals surface area (Å²) < 4.78 is 5.44. The molecular weight excluding hydrogens is 346 g/mol. The van der Waals surface area contributed by atoms with Crippen molar-refractivity contribution in [1.29, 1.82) is 0 Å². The molecule has 1 aliphatic carbocycles. The van der Waals surface area contributed by atoms with Crippen molar-refractivity contribution in [2.75, 3.05) is 20.6 Å². The van der Waals surface area contributed by atoms with Gasteiger partial charge in [-0.15, -0.1) is 0 Å². The van der Waals surface area contributed by atoms with Gasteiger partial charge in [-0.05, 0) is 56.1 Å². The second-order valence-electron chi connectivity index (χ2n) is 7.45. The molecule has 0 saturated heterocycles. The standard InChI is InChI=1S/C21H27NO3S/c1-22(2)14-19(21(24)11-4-3-5-12-21)16-6-8-18(9-7-16)25-20(23)17-10-13-26-15-17/h6-10,13,15,19,24H,3-5,11-12,14H2,1-2H3. The van der Waals surface area contributed by atoms with Crippen LogP contribution in [0.1, 0.15) is 53.9 Å². The van der Waals surface area contributed by atoms with E-state index in [1.165, 1.54) is 17.8 Å².